The summed E-state index contributed by atoms with van der Waals surface area (Å²) in [6.07, 6.45) is 2.30. The van der Waals surface area contributed by atoms with Gasteiger partial charge in [-0.1, -0.05) is 30.4 Å². The average molecular weight is 363 g/mol. The number of benzene rings is 1. The van der Waals surface area contributed by atoms with Gasteiger partial charge in [-0.3, -0.25) is 9.11 Å². The molecular weight excluding hydrogens is 350 g/mol. The highest BCUT2D eigenvalue weighted by Gasteiger charge is 2.32. The molecule has 1 aliphatic carbocycles. The molecule has 22 heavy (non-hydrogen) atoms. The third-order valence-corrected chi connectivity index (χ3v) is 5.26. The van der Waals surface area contributed by atoms with E-state index in [-0.39, 0.29) is 17.6 Å². The number of rotatable bonds is 3. The Labute approximate surface area is 133 Å². The van der Waals surface area contributed by atoms with Crippen molar-refractivity contribution in [2.45, 2.75) is 16.2 Å². The molecule has 0 bridgehead atoms. The van der Waals surface area contributed by atoms with Crippen LogP contribution < -0.4 is 5.73 Å². The van der Waals surface area contributed by atoms with E-state index in [1.54, 1.807) is 0 Å². The Morgan fingerprint density at radius 1 is 1.09 bits per heavy atom. The van der Waals surface area contributed by atoms with Gasteiger partial charge in [-0.2, -0.15) is 29.5 Å². The van der Waals surface area contributed by atoms with Crippen molar-refractivity contribution in [3.05, 3.63) is 46.9 Å². The van der Waals surface area contributed by atoms with Gasteiger partial charge in [-0.05, 0) is 11.6 Å². The largest absolute Gasteiger partial charge is 0.313 e. The van der Waals surface area contributed by atoms with Gasteiger partial charge >= 0.3 is 0 Å². The third kappa shape index (κ3) is 3.59. The predicted molar refractivity (Wildman–Crippen MR) is 84.4 cm³/mol. The zero-order chi connectivity index (χ0) is 16.8. The summed E-state index contributed by atoms with van der Waals surface area (Å²) in [6.45, 7) is 0. The van der Waals surface area contributed by atoms with E-state index < -0.39 is 34.9 Å². The minimum absolute atomic E-state index is 0.0577. The molecule has 1 aromatic carbocycles. The molecule has 2 rings (SSSR count). The summed E-state index contributed by atoms with van der Waals surface area (Å²) in [5.41, 5.74) is 5.61. The number of hydrogen-bond donors (Lipinski definition) is 4. The smallest absolute Gasteiger partial charge is 0.295 e. The normalized spacial score (nSPS) is 22.9. The molecule has 0 aliphatic heterocycles. The van der Waals surface area contributed by atoms with Crippen LogP contribution in [0.1, 0.15) is 12.0 Å². The molecule has 120 valence electrons. The van der Waals surface area contributed by atoms with E-state index >= 15 is 0 Å². The SMILES string of the molecule is NC1(S)C=CC(c2ccccc2S(=O)(=O)O)=C(S(=O)(=O)O)C1. The van der Waals surface area contributed by atoms with Crippen molar-refractivity contribution < 1.29 is 25.9 Å². The lowest BCUT2D eigenvalue weighted by Gasteiger charge is -2.26. The molecule has 7 nitrogen and oxygen atoms in total. The summed E-state index contributed by atoms with van der Waals surface area (Å²) in [5, 5.41) is 0. The number of hydrogen-bond acceptors (Lipinski definition) is 6. The fraction of sp³-hybridized carbons (Fsp3) is 0.167. The van der Waals surface area contributed by atoms with Gasteiger partial charge in [-0.15, -0.1) is 0 Å². The van der Waals surface area contributed by atoms with Crippen molar-refractivity contribution in [1.82, 2.24) is 0 Å². The second-order valence-electron chi connectivity index (χ2n) is 4.78. The highest BCUT2D eigenvalue weighted by molar-refractivity contribution is 7.90. The maximum atomic E-state index is 11.6. The Morgan fingerprint density at radius 3 is 2.23 bits per heavy atom. The highest BCUT2D eigenvalue weighted by Crippen LogP contribution is 2.37. The summed E-state index contributed by atoms with van der Waals surface area (Å²) in [6, 6.07) is 5.28. The Morgan fingerprint density at radius 2 is 1.68 bits per heavy atom. The number of thiol groups is 1. The third-order valence-electron chi connectivity index (χ3n) is 3.05. The van der Waals surface area contributed by atoms with Gasteiger partial charge in [0.2, 0.25) is 0 Å². The number of nitrogens with two attached hydrogens (primary N) is 1. The van der Waals surface area contributed by atoms with Crippen molar-refractivity contribution in [2.75, 3.05) is 0 Å². The Hall–Kier alpha value is -1.17. The fourth-order valence-electron chi connectivity index (χ4n) is 2.12. The molecule has 0 heterocycles. The molecule has 4 N–H and O–H groups in total. The average Bonchev–Trinajstić information content (AvgIpc) is 2.36. The van der Waals surface area contributed by atoms with Crippen LogP contribution in [0.2, 0.25) is 0 Å². The lowest BCUT2D eigenvalue weighted by molar-refractivity contribution is 0.481. The first kappa shape index (κ1) is 17.2. The molecule has 0 amide bonds. The van der Waals surface area contributed by atoms with Crippen molar-refractivity contribution in [3.63, 3.8) is 0 Å². The van der Waals surface area contributed by atoms with E-state index in [4.69, 9.17) is 5.73 Å². The lowest BCUT2D eigenvalue weighted by atomic mass is 9.97. The maximum absolute atomic E-state index is 11.6. The van der Waals surface area contributed by atoms with Crippen molar-refractivity contribution in [1.29, 1.82) is 0 Å². The van der Waals surface area contributed by atoms with Gasteiger partial charge < -0.3 is 5.73 Å². The van der Waals surface area contributed by atoms with Gasteiger partial charge in [0, 0.05) is 12.0 Å². The summed E-state index contributed by atoms with van der Waals surface area (Å²) >= 11 is 4.06. The van der Waals surface area contributed by atoms with Crippen LogP contribution in [0.5, 0.6) is 0 Å². The van der Waals surface area contributed by atoms with Crippen LogP contribution in [-0.2, 0) is 20.2 Å². The Bertz CT molecular complexity index is 881. The molecule has 0 fully saturated rings. The van der Waals surface area contributed by atoms with E-state index in [2.05, 4.69) is 12.6 Å². The molecule has 0 spiro atoms. The van der Waals surface area contributed by atoms with Crippen LogP contribution in [0.25, 0.3) is 5.57 Å². The summed E-state index contributed by atoms with van der Waals surface area (Å²) in [7, 11) is -9.21. The first-order chi connectivity index (χ1) is 9.92. The number of allylic oxidation sites excluding steroid dienone is 2. The molecule has 1 atom stereocenters. The molecule has 1 unspecified atom stereocenters. The molecule has 0 radical (unpaired) electrons. The highest BCUT2D eigenvalue weighted by atomic mass is 32.2. The Balaban J connectivity index is 2.81. The van der Waals surface area contributed by atoms with Gasteiger partial charge in [0.05, 0.1) is 9.78 Å². The van der Waals surface area contributed by atoms with E-state index in [0.29, 0.717) is 0 Å². The van der Waals surface area contributed by atoms with Crippen molar-refractivity contribution in [2.24, 2.45) is 5.73 Å². The summed E-state index contributed by atoms with van der Waals surface area (Å²) < 4.78 is 64.7. The fourth-order valence-corrected chi connectivity index (χ4v) is 4.04. The lowest BCUT2D eigenvalue weighted by Crippen LogP contribution is -2.34. The summed E-state index contributed by atoms with van der Waals surface area (Å²) in [4.78, 5) is -2.25. The van der Waals surface area contributed by atoms with Gasteiger partial charge in [0.25, 0.3) is 20.2 Å². The second kappa shape index (κ2) is 5.48. The van der Waals surface area contributed by atoms with Crippen LogP contribution in [0, 0.1) is 0 Å². The van der Waals surface area contributed by atoms with Crippen molar-refractivity contribution in [3.8, 4) is 0 Å². The van der Waals surface area contributed by atoms with E-state index in [0.717, 1.165) is 6.07 Å². The first-order valence-electron chi connectivity index (χ1n) is 5.90. The zero-order valence-corrected chi connectivity index (χ0v) is 13.6. The van der Waals surface area contributed by atoms with Crippen LogP contribution in [0.4, 0.5) is 0 Å². The van der Waals surface area contributed by atoms with Crippen LogP contribution >= 0.6 is 12.6 Å². The van der Waals surface area contributed by atoms with E-state index in [1.807, 2.05) is 0 Å². The van der Waals surface area contributed by atoms with Crippen LogP contribution in [0.15, 0.2) is 46.2 Å². The molecular formula is C12H13NO6S3. The molecule has 10 heteroatoms. The van der Waals surface area contributed by atoms with Crippen LogP contribution in [0.3, 0.4) is 0 Å². The quantitative estimate of drug-likeness (QED) is 0.358. The molecule has 1 aliphatic rings. The molecule has 0 saturated carbocycles. The van der Waals surface area contributed by atoms with Gasteiger partial charge in [-0.25, -0.2) is 0 Å². The Kier molecular flexibility index (Phi) is 4.28. The molecule has 0 aromatic heterocycles. The van der Waals surface area contributed by atoms with Gasteiger partial charge in [0.15, 0.2) is 0 Å². The molecule has 1 aromatic rings. The second-order valence-corrected chi connectivity index (χ2v) is 8.45. The first-order valence-corrected chi connectivity index (χ1v) is 9.22. The van der Waals surface area contributed by atoms with E-state index in [9.17, 15) is 25.9 Å². The predicted octanol–water partition coefficient (Wildman–Crippen LogP) is 1.08. The minimum atomic E-state index is -4.63. The monoisotopic (exact) mass is 363 g/mol. The summed E-state index contributed by atoms with van der Waals surface area (Å²) in [5.74, 6) is 0. The minimum Gasteiger partial charge on any atom is -0.313 e. The van der Waals surface area contributed by atoms with E-state index in [1.165, 1.54) is 30.4 Å². The molecule has 0 saturated heterocycles. The topological polar surface area (TPSA) is 135 Å². The zero-order valence-electron chi connectivity index (χ0n) is 11.0. The maximum Gasteiger partial charge on any atom is 0.295 e. The van der Waals surface area contributed by atoms with Crippen LogP contribution in [-0.4, -0.2) is 30.8 Å². The van der Waals surface area contributed by atoms with Gasteiger partial charge in [0.1, 0.15) is 4.90 Å². The van der Waals surface area contributed by atoms with Crippen molar-refractivity contribution >= 4 is 38.4 Å². The standard InChI is InChI=1S/C12H13NO6S3/c13-12(20)6-5-9(11(7-12)22(17,18)19)8-3-1-2-4-10(8)21(14,15)16/h1-6,20H,7,13H2,(H,14,15,16)(H,17,18,19).